The molecule has 22 heavy (non-hydrogen) atoms. The molecule has 0 saturated carbocycles. The van der Waals surface area contributed by atoms with Crippen molar-refractivity contribution in [1.82, 2.24) is 19.6 Å². The molecule has 0 unspecified atom stereocenters. The monoisotopic (exact) mass is 342 g/mol. The lowest BCUT2D eigenvalue weighted by Gasteiger charge is -1.94. The molecular formula is C10H14N8O2S2. The van der Waals surface area contributed by atoms with E-state index in [2.05, 4.69) is 31.0 Å². The van der Waals surface area contributed by atoms with Gasteiger partial charge in [-0.25, -0.2) is 9.36 Å². The van der Waals surface area contributed by atoms with Crippen molar-refractivity contribution in [3.05, 3.63) is 29.4 Å². The van der Waals surface area contributed by atoms with E-state index < -0.39 is 0 Å². The Kier molecular flexibility index (Phi) is 5.77. The highest BCUT2D eigenvalue weighted by Crippen LogP contribution is 2.08. The van der Waals surface area contributed by atoms with Gasteiger partial charge in [0.25, 0.3) is 0 Å². The molecule has 0 atom stereocenters. The Morgan fingerprint density at radius 1 is 0.864 bits per heavy atom. The Morgan fingerprint density at radius 3 is 1.59 bits per heavy atom. The first kappa shape index (κ1) is 16.3. The molecule has 118 valence electrons. The molecule has 10 nitrogen and oxygen atoms in total. The molecule has 0 aromatic carbocycles. The number of hydrogen-bond acceptors (Lipinski definition) is 8. The van der Waals surface area contributed by atoms with E-state index in [0.717, 1.165) is 10.0 Å². The molecule has 0 aliphatic heterocycles. The van der Waals surface area contributed by atoms with Gasteiger partial charge in [0.1, 0.15) is 10.0 Å². The fraction of sp³-hybridized carbons (Fsp3) is 0.600. The first-order valence-corrected chi connectivity index (χ1v) is 8.21. The summed E-state index contributed by atoms with van der Waals surface area (Å²) in [6.45, 7) is 5.06. The second-order valence-corrected chi connectivity index (χ2v) is 6.13. The third-order valence-electron chi connectivity index (χ3n) is 2.73. The van der Waals surface area contributed by atoms with Crippen LogP contribution in [-0.4, -0.2) is 19.6 Å². The van der Waals surface area contributed by atoms with Crippen LogP contribution in [0.2, 0.25) is 0 Å². The number of nitroso groups, excluding NO2 is 2. The molecule has 2 heterocycles. The molecule has 0 saturated heterocycles. The maximum absolute atomic E-state index is 10.3. The maximum Gasteiger partial charge on any atom is 0.232 e. The van der Waals surface area contributed by atoms with Crippen molar-refractivity contribution in [2.45, 2.75) is 39.8 Å². The van der Waals surface area contributed by atoms with Crippen LogP contribution >= 0.6 is 22.7 Å². The molecule has 2 aromatic rings. The minimum Gasteiger partial charge on any atom is -0.237 e. The predicted octanol–water partition coefficient (Wildman–Crippen LogP) is 1.19. The van der Waals surface area contributed by atoms with Crippen molar-refractivity contribution >= 4 is 22.7 Å². The summed E-state index contributed by atoms with van der Waals surface area (Å²) in [5, 5.41) is 22.6. The fourth-order valence-electron chi connectivity index (χ4n) is 1.75. The Bertz CT molecular complexity index is 717. The van der Waals surface area contributed by atoms with Gasteiger partial charge < -0.3 is 0 Å². The largest absolute Gasteiger partial charge is 0.237 e. The normalized spacial score (nSPS) is 12.8. The van der Waals surface area contributed by atoms with E-state index in [9.17, 15) is 9.81 Å². The molecule has 12 heteroatoms. The zero-order valence-electron chi connectivity index (χ0n) is 12.0. The van der Waals surface area contributed by atoms with Crippen molar-refractivity contribution in [3.63, 3.8) is 0 Å². The van der Waals surface area contributed by atoms with Crippen LogP contribution in [0.3, 0.4) is 0 Å². The Balaban J connectivity index is 2.17. The van der Waals surface area contributed by atoms with E-state index in [-0.39, 0.29) is 0 Å². The average Bonchev–Trinajstić information content (AvgIpc) is 3.09. The van der Waals surface area contributed by atoms with Crippen LogP contribution in [0.4, 0.5) is 0 Å². The number of nitrogens with zero attached hydrogens (tertiary/aromatic N) is 8. The van der Waals surface area contributed by atoms with E-state index in [1.165, 1.54) is 22.7 Å². The molecule has 2 aromatic heterocycles. The predicted molar refractivity (Wildman–Crippen MR) is 81.7 cm³/mol. The first-order valence-electron chi connectivity index (χ1n) is 6.58. The second-order valence-electron chi connectivity index (χ2n) is 4.05. The summed E-state index contributed by atoms with van der Waals surface area (Å²) in [6, 6.07) is 0. The van der Waals surface area contributed by atoms with Gasteiger partial charge in [-0.2, -0.15) is 10.2 Å². The molecule has 2 rings (SSSR count). The Hall–Kier alpha value is -2.08. The van der Waals surface area contributed by atoms with Crippen LogP contribution < -0.4 is 9.60 Å². The summed E-state index contributed by atoms with van der Waals surface area (Å²) in [4.78, 5) is 21.5. The maximum atomic E-state index is 10.3. The summed E-state index contributed by atoms with van der Waals surface area (Å²) >= 11 is 2.65. The van der Waals surface area contributed by atoms with Gasteiger partial charge in [0.15, 0.2) is 0 Å². The van der Waals surface area contributed by atoms with Gasteiger partial charge in [-0.05, 0) is 13.8 Å². The number of aromatic nitrogens is 4. The van der Waals surface area contributed by atoms with Crippen LogP contribution in [0.25, 0.3) is 0 Å². The minimum atomic E-state index is 0.483. The smallest absolute Gasteiger partial charge is 0.232 e. The third-order valence-corrected chi connectivity index (χ3v) is 4.72. The fourth-order valence-corrected chi connectivity index (χ4v) is 3.56. The van der Waals surface area contributed by atoms with E-state index in [1.807, 2.05) is 13.8 Å². The summed E-state index contributed by atoms with van der Waals surface area (Å²) < 4.78 is 3.26. The van der Waals surface area contributed by atoms with Crippen molar-refractivity contribution in [2.24, 2.45) is 20.8 Å². The first-order chi connectivity index (χ1) is 10.7. The summed E-state index contributed by atoms with van der Waals surface area (Å²) in [6.07, 6.45) is 1.31. The Labute approximate surface area is 132 Å². The van der Waals surface area contributed by atoms with Gasteiger partial charge >= 0.3 is 0 Å². The highest BCUT2D eigenvalue weighted by Gasteiger charge is 2.08. The van der Waals surface area contributed by atoms with Crippen molar-refractivity contribution < 1.29 is 0 Å². The van der Waals surface area contributed by atoms with Gasteiger partial charge in [-0.1, -0.05) is 32.9 Å². The molecule has 0 aliphatic carbocycles. The summed E-state index contributed by atoms with van der Waals surface area (Å²) in [5.41, 5.74) is 0. The van der Waals surface area contributed by atoms with Gasteiger partial charge in [-0.15, -0.1) is 9.81 Å². The molecule has 0 radical (unpaired) electrons. The molecular weight excluding hydrogens is 328 g/mol. The minimum absolute atomic E-state index is 0.483. The molecule has 0 amide bonds. The SMILES string of the molecule is CCn1nc(CCc2nn(CC)/c(=N\N=O)s2)s/c1=N/N=O. The highest BCUT2D eigenvalue weighted by atomic mass is 32.1. The molecule has 0 N–H and O–H groups in total. The highest BCUT2D eigenvalue weighted by molar-refractivity contribution is 7.09. The molecule has 0 bridgehead atoms. The lowest BCUT2D eigenvalue weighted by atomic mass is 10.3. The molecule has 0 spiro atoms. The number of hydrogen-bond donors (Lipinski definition) is 0. The van der Waals surface area contributed by atoms with Crippen molar-refractivity contribution in [2.75, 3.05) is 0 Å². The van der Waals surface area contributed by atoms with Crippen LogP contribution in [0.5, 0.6) is 0 Å². The number of aryl methyl sites for hydroxylation is 4. The topological polar surface area (TPSA) is 119 Å². The van der Waals surface area contributed by atoms with Crippen LogP contribution in [0.15, 0.2) is 20.8 Å². The van der Waals surface area contributed by atoms with Crippen LogP contribution in [-0.2, 0) is 25.9 Å². The van der Waals surface area contributed by atoms with Gasteiger partial charge in [0.05, 0.1) is 10.6 Å². The second kappa shape index (κ2) is 7.79. The van der Waals surface area contributed by atoms with E-state index in [0.29, 0.717) is 35.5 Å². The number of rotatable bonds is 7. The van der Waals surface area contributed by atoms with Crippen LogP contribution in [0.1, 0.15) is 23.9 Å². The van der Waals surface area contributed by atoms with Gasteiger partial charge in [0.2, 0.25) is 9.60 Å². The summed E-state index contributed by atoms with van der Waals surface area (Å²) in [7, 11) is 0. The zero-order chi connectivity index (χ0) is 15.9. The van der Waals surface area contributed by atoms with Crippen molar-refractivity contribution in [3.8, 4) is 0 Å². The van der Waals surface area contributed by atoms with E-state index in [4.69, 9.17) is 0 Å². The van der Waals surface area contributed by atoms with Gasteiger partial charge in [-0.3, -0.25) is 0 Å². The zero-order valence-corrected chi connectivity index (χ0v) is 13.7. The van der Waals surface area contributed by atoms with Crippen LogP contribution in [0, 0.1) is 9.81 Å². The summed E-state index contributed by atoms with van der Waals surface area (Å²) in [5.74, 6) is 0. The lowest BCUT2D eigenvalue weighted by molar-refractivity contribution is 0.605. The van der Waals surface area contributed by atoms with E-state index >= 15 is 0 Å². The quantitative estimate of drug-likeness (QED) is 0.554. The third kappa shape index (κ3) is 3.76. The Morgan fingerprint density at radius 2 is 1.27 bits per heavy atom. The van der Waals surface area contributed by atoms with Gasteiger partial charge in [0, 0.05) is 25.9 Å². The molecule has 0 fully saturated rings. The van der Waals surface area contributed by atoms with Crippen molar-refractivity contribution in [1.29, 1.82) is 0 Å². The molecule has 0 aliphatic rings. The average molecular weight is 342 g/mol. The van der Waals surface area contributed by atoms with E-state index in [1.54, 1.807) is 9.36 Å². The standard InChI is InChI=1S/C10H14N8O2S2/c1-3-17-9(11-15-19)21-7(13-17)5-6-8-14-18(4-2)10(22-8)12-16-20/h3-6H2,1-2H3/b11-9+,12-10+. The lowest BCUT2D eigenvalue weighted by Crippen LogP contribution is -2.14.